The standard InChI is InChI=1S/C17H20ClN4O8P/c18-10-3-1-2-9(6-10)11-4-5-27-31(26,30-11)28-7-12-13(23)14(24)17(29-12)22-8-20-16(21-22)15(19)25/h1-3,6,8,11-14,17,23-24H,4-5,7H2,(H2,19,25)/t11-,12+,13+,14+,17+,31+/m0/s1. The average Bonchev–Trinajstić information content (AvgIpc) is 3.33. The molecular formula is C17H20ClN4O8P. The van der Waals surface area contributed by atoms with E-state index < -0.39 is 51.0 Å². The zero-order valence-corrected chi connectivity index (χ0v) is 17.6. The minimum atomic E-state index is -3.96. The van der Waals surface area contributed by atoms with Gasteiger partial charge in [-0.2, -0.15) is 0 Å². The van der Waals surface area contributed by atoms with Gasteiger partial charge in [0.05, 0.1) is 19.3 Å². The van der Waals surface area contributed by atoms with E-state index in [1.165, 1.54) is 0 Å². The van der Waals surface area contributed by atoms with Crippen molar-refractivity contribution < 1.29 is 37.9 Å². The van der Waals surface area contributed by atoms with Gasteiger partial charge in [-0.05, 0) is 17.7 Å². The number of phosphoric acid groups is 1. The summed E-state index contributed by atoms with van der Waals surface area (Å²) in [6, 6.07) is 6.95. The van der Waals surface area contributed by atoms with Crippen LogP contribution in [0.5, 0.6) is 0 Å². The van der Waals surface area contributed by atoms with Crippen molar-refractivity contribution in [3.05, 3.63) is 47.0 Å². The highest BCUT2D eigenvalue weighted by atomic mass is 35.5. The number of ether oxygens (including phenoxy) is 1. The summed E-state index contributed by atoms with van der Waals surface area (Å²) in [4.78, 5) is 14.8. The molecule has 2 aromatic rings. The van der Waals surface area contributed by atoms with Crippen LogP contribution in [-0.2, 0) is 22.9 Å². The van der Waals surface area contributed by atoms with E-state index in [0.717, 1.165) is 16.6 Å². The Hall–Kier alpha value is -1.89. The number of benzene rings is 1. The zero-order chi connectivity index (χ0) is 22.2. The first kappa shape index (κ1) is 22.3. The number of aliphatic hydroxyl groups is 2. The largest absolute Gasteiger partial charge is 0.475 e. The summed E-state index contributed by atoms with van der Waals surface area (Å²) in [6.07, 6.45) is -4.01. The maximum atomic E-state index is 12.9. The monoisotopic (exact) mass is 474 g/mol. The third-order valence-electron chi connectivity index (χ3n) is 4.83. The Bertz CT molecular complexity index is 1010. The molecule has 4 N–H and O–H groups in total. The van der Waals surface area contributed by atoms with E-state index in [9.17, 15) is 19.6 Å². The van der Waals surface area contributed by atoms with Crippen molar-refractivity contribution in [3.8, 4) is 0 Å². The number of carbonyl (C=O) groups is 1. The molecule has 3 heterocycles. The van der Waals surface area contributed by atoms with Gasteiger partial charge in [-0.1, -0.05) is 23.7 Å². The highest BCUT2D eigenvalue weighted by molar-refractivity contribution is 7.48. The van der Waals surface area contributed by atoms with Crippen molar-refractivity contribution in [1.82, 2.24) is 14.8 Å². The molecule has 1 aromatic carbocycles. The molecule has 1 amide bonds. The average molecular weight is 475 g/mol. The van der Waals surface area contributed by atoms with E-state index in [2.05, 4.69) is 10.1 Å². The lowest BCUT2D eigenvalue weighted by Gasteiger charge is -2.29. The second-order valence-electron chi connectivity index (χ2n) is 6.97. The molecule has 0 spiro atoms. The van der Waals surface area contributed by atoms with Crippen molar-refractivity contribution >= 4 is 25.3 Å². The summed E-state index contributed by atoms with van der Waals surface area (Å²) in [5, 5.41) is 24.9. The molecule has 6 atom stereocenters. The normalized spacial score (nSPS) is 33.5. The zero-order valence-electron chi connectivity index (χ0n) is 16.0. The second kappa shape index (κ2) is 8.93. The van der Waals surface area contributed by atoms with Crippen LogP contribution in [-0.4, -0.2) is 62.4 Å². The Morgan fingerprint density at radius 2 is 2.19 bits per heavy atom. The smallest absolute Gasteiger partial charge is 0.387 e. The van der Waals surface area contributed by atoms with Crippen molar-refractivity contribution in [2.24, 2.45) is 5.73 Å². The number of rotatable bonds is 6. The molecule has 12 nitrogen and oxygen atoms in total. The number of nitrogens with two attached hydrogens (primary N) is 1. The van der Waals surface area contributed by atoms with Gasteiger partial charge in [0.1, 0.15) is 24.6 Å². The van der Waals surface area contributed by atoms with Gasteiger partial charge >= 0.3 is 7.82 Å². The van der Waals surface area contributed by atoms with Crippen molar-refractivity contribution in [3.63, 3.8) is 0 Å². The molecule has 2 fully saturated rings. The highest BCUT2D eigenvalue weighted by Crippen LogP contribution is 2.57. The molecule has 14 heteroatoms. The quantitative estimate of drug-likeness (QED) is 0.512. The molecule has 2 aliphatic heterocycles. The Kier molecular flexibility index (Phi) is 6.42. The summed E-state index contributed by atoms with van der Waals surface area (Å²) in [5.74, 6) is -1.13. The molecular weight excluding hydrogens is 455 g/mol. The molecule has 1 aromatic heterocycles. The van der Waals surface area contributed by atoms with Crippen LogP contribution in [0.25, 0.3) is 0 Å². The fourth-order valence-electron chi connectivity index (χ4n) is 3.27. The van der Waals surface area contributed by atoms with Crippen LogP contribution in [0.2, 0.25) is 5.02 Å². The van der Waals surface area contributed by atoms with Crippen LogP contribution in [0.15, 0.2) is 30.6 Å². The van der Waals surface area contributed by atoms with E-state index in [1.54, 1.807) is 24.3 Å². The lowest BCUT2D eigenvalue weighted by Crippen LogP contribution is -2.34. The maximum absolute atomic E-state index is 12.9. The predicted octanol–water partition coefficient (Wildman–Crippen LogP) is 0.952. The topological polar surface area (TPSA) is 168 Å². The lowest BCUT2D eigenvalue weighted by molar-refractivity contribution is -0.0641. The number of hydrogen-bond donors (Lipinski definition) is 3. The number of phosphoric ester groups is 1. The van der Waals surface area contributed by atoms with E-state index >= 15 is 0 Å². The summed E-state index contributed by atoms with van der Waals surface area (Å²) in [5.41, 5.74) is 5.83. The fraction of sp³-hybridized carbons (Fsp3) is 0.471. The van der Waals surface area contributed by atoms with E-state index in [1.807, 2.05) is 0 Å². The number of aromatic nitrogens is 3. The number of nitrogens with zero attached hydrogens (tertiary/aromatic N) is 3. The van der Waals surface area contributed by atoms with Crippen molar-refractivity contribution in [2.75, 3.05) is 13.2 Å². The van der Waals surface area contributed by atoms with Gasteiger partial charge < -0.3 is 20.7 Å². The number of primary amides is 1. The van der Waals surface area contributed by atoms with Gasteiger partial charge in [0.15, 0.2) is 6.23 Å². The van der Waals surface area contributed by atoms with Crippen LogP contribution >= 0.6 is 19.4 Å². The molecule has 0 aliphatic carbocycles. The summed E-state index contributed by atoms with van der Waals surface area (Å²) < 4.78 is 35.6. The van der Waals surface area contributed by atoms with Gasteiger partial charge in [-0.25, -0.2) is 14.2 Å². The van der Waals surface area contributed by atoms with Crippen LogP contribution in [0.3, 0.4) is 0 Å². The van der Waals surface area contributed by atoms with Crippen LogP contribution < -0.4 is 5.73 Å². The molecule has 4 rings (SSSR count). The minimum Gasteiger partial charge on any atom is -0.387 e. The Balaban J connectivity index is 1.39. The van der Waals surface area contributed by atoms with Crippen LogP contribution in [0.1, 0.15) is 34.9 Å². The lowest BCUT2D eigenvalue weighted by atomic mass is 10.1. The number of amides is 1. The Labute approximate surface area is 181 Å². The van der Waals surface area contributed by atoms with Crippen LogP contribution in [0.4, 0.5) is 0 Å². The van der Waals surface area contributed by atoms with Gasteiger partial charge in [0.2, 0.25) is 5.82 Å². The van der Waals surface area contributed by atoms with Crippen molar-refractivity contribution in [1.29, 1.82) is 0 Å². The predicted molar refractivity (Wildman–Crippen MR) is 104 cm³/mol. The molecule has 2 aliphatic rings. The Morgan fingerprint density at radius 1 is 1.39 bits per heavy atom. The second-order valence-corrected chi connectivity index (χ2v) is 9.03. The number of halogens is 1. The van der Waals surface area contributed by atoms with E-state index in [-0.39, 0.29) is 12.4 Å². The van der Waals surface area contributed by atoms with Gasteiger partial charge in [0, 0.05) is 11.4 Å². The minimum absolute atomic E-state index is 0.128. The summed E-state index contributed by atoms with van der Waals surface area (Å²) in [7, 11) is -3.96. The molecule has 0 radical (unpaired) electrons. The molecule has 0 bridgehead atoms. The first-order chi connectivity index (χ1) is 14.8. The van der Waals surface area contributed by atoms with E-state index in [4.69, 9.17) is 35.6 Å². The Morgan fingerprint density at radius 3 is 2.90 bits per heavy atom. The van der Waals surface area contributed by atoms with Crippen molar-refractivity contribution in [2.45, 2.75) is 37.1 Å². The molecule has 0 saturated carbocycles. The molecule has 31 heavy (non-hydrogen) atoms. The maximum Gasteiger partial charge on any atom is 0.475 e. The van der Waals surface area contributed by atoms with E-state index in [0.29, 0.717) is 11.4 Å². The fourth-order valence-corrected chi connectivity index (χ4v) is 4.87. The summed E-state index contributed by atoms with van der Waals surface area (Å²) >= 11 is 6.00. The SMILES string of the molecule is NC(=O)c1ncn([C@@H]2O[C@H](CO[P@@]3(=O)OCC[C@@H](c4cccc(Cl)c4)O3)[C@@H](O)[C@H]2O)n1. The van der Waals surface area contributed by atoms with Crippen LogP contribution in [0, 0.1) is 0 Å². The third kappa shape index (κ3) is 4.81. The molecule has 0 unspecified atom stereocenters. The number of aliphatic hydroxyl groups excluding tert-OH is 2. The highest BCUT2D eigenvalue weighted by Gasteiger charge is 2.46. The number of carbonyl (C=O) groups excluding carboxylic acids is 1. The summed E-state index contributed by atoms with van der Waals surface area (Å²) in [6.45, 7) is -0.270. The van der Waals surface area contributed by atoms with Gasteiger partial charge in [-0.3, -0.25) is 18.4 Å². The third-order valence-corrected chi connectivity index (χ3v) is 6.54. The molecule has 168 valence electrons. The molecule has 2 saturated heterocycles. The van der Waals surface area contributed by atoms with Gasteiger partial charge in [-0.15, -0.1) is 5.10 Å². The first-order valence-electron chi connectivity index (χ1n) is 9.31. The number of hydrogen-bond acceptors (Lipinski definition) is 10. The van der Waals surface area contributed by atoms with Gasteiger partial charge in [0.25, 0.3) is 5.91 Å². The first-order valence-corrected chi connectivity index (χ1v) is 11.1.